The van der Waals surface area contributed by atoms with E-state index in [2.05, 4.69) is 41.8 Å². The highest BCUT2D eigenvalue weighted by Gasteiger charge is 2.40. The number of rotatable bonds is 5. The highest BCUT2D eigenvalue weighted by atomic mass is 79.9. The highest BCUT2D eigenvalue weighted by Crippen LogP contribution is 2.40. The van der Waals surface area contributed by atoms with Crippen molar-refractivity contribution in [1.82, 2.24) is 20.6 Å². The Labute approximate surface area is 183 Å². The number of urea groups is 1. The van der Waals surface area contributed by atoms with Crippen molar-refractivity contribution in [2.45, 2.75) is 44.8 Å². The van der Waals surface area contributed by atoms with Crippen LogP contribution in [0.2, 0.25) is 0 Å². The van der Waals surface area contributed by atoms with Crippen LogP contribution in [-0.4, -0.2) is 34.5 Å². The van der Waals surface area contributed by atoms with Crippen molar-refractivity contribution in [3.8, 4) is 10.6 Å². The second-order valence-electron chi connectivity index (χ2n) is 6.68. The van der Waals surface area contributed by atoms with Gasteiger partial charge in [-0.05, 0) is 41.8 Å². The van der Waals surface area contributed by atoms with Gasteiger partial charge in [0.1, 0.15) is 15.7 Å². The first-order valence-electron chi connectivity index (χ1n) is 9.28. The maximum atomic E-state index is 13.6. The zero-order chi connectivity index (χ0) is 21.9. The fraction of sp³-hybridized carbons (Fsp3) is 0.444. The second kappa shape index (κ2) is 9.29. The zero-order valence-electron chi connectivity index (χ0n) is 15.9. The number of carbonyl (C=O) groups is 2. The summed E-state index contributed by atoms with van der Waals surface area (Å²) in [6.07, 6.45) is -0.0394. The van der Waals surface area contributed by atoms with E-state index in [1.54, 1.807) is 6.92 Å². The molecule has 0 radical (unpaired) electrons. The molecular weight excluding hydrogens is 487 g/mol. The van der Waals surface area contributed by atoms with Crippen LogP contribution < -0.4 is 16.0 Å². The number of nitrogens with one attached hydrogen (secondary N) is 3. The molecular formula is C18H19BrF3N5O2S. The minimum Gasteiger partial charge on any atom is -0.349 e. The molecule has 1 aliphatic carbocycles. The number of thiazole rings is 1. The second-order valence-corrected chi connectivity index (χ2v) is 8.54. The molecule has 12 heteroatoms. The van der Waals surface area contributed by atoms with Crippen LogP contribution in [0.15, 0.2) is 16.7 Å². The number of halogens is 4. The lowest BCUT2D eigenvalue weighted by molar-refractivity contribution is -0.141. The minimum absolute atomic E-state index is 0.00729. The van der Waals surface area contributed by atoms with Gasteiger partial charge in [-0.2, -0.15) is 13.2 Å². The number of aromatic nitrogens is 2. The molecule has 1 aliphatic rings. The molecule has 2 aromatic rings. The molecule has 0 atom stereocenters. The van der Waals surface area contributed by atoms with Crippen molar-refractivity contribution in [2.24, 2.45) is 0 Å². The van der Waals surface area contributed by atoms with Crippen molar-refractivity contribution in [1.29, 1.82) is 0 Å². The molecule has 0 spiro atoms. The lowest BCUT2D eigenvalue weighted by Gasteiger charge is -2.12. The molecule has 0 unspecified atom stereocenters. The van der Waals surface area contributed by atoms with Gasteiger partial charge in [-0.3, -0.25) is 10.1 Å². The van der Waals surface area contributed by atoms with Gasteiger partial charge in [0.2, 0.25) is 0 Å². The predicted molar refractivity (Wildman–Crippen MR) is 110 cm³/mol. The van der Waals surface area contributed by atoms with Crippen LogP contribution in [0.4, 0.5) is 23.8 Å². The molecule has 0 bridgehead atoms. The Balaban J connectivity index is 1.95. The molecule has 30 heavy (non-hydrogen) atoms. The highest BCUT2D eigenvalue weighted by molar-refractivity contribution is 9.10. The van der Waals surface area contributed by atoms with Gasteiger partial charge in [-0.25, -0.2) is 14.8 Å². The summed E-state index contributed by atoms with van der Waals surface area (Å²) in [6, 6.07) is 0.784. The molecule has 3 amide bonds. The average Bonchev–Trinajstić information content (AvgIpc) is 3.33. The normalized spacial score (nSPS) is 14.6. The summed E-state index contributed by atoms with van der Waals surface area (Å²) in [6.45, 7) is 2.14. The van der Waals surface area contributed by atoms with Crippen molar-refractivity contribution in [3.63, 3.8) is 0 Å². The number of anilines is 1. The molecule has 1 fully saturated rings. The summed E-state index contributed by atoms with van der Waals surface area (Å²) >= 11 is 3.90. The van der Waals surface area contributed by atoms with Crippen LogP contribution in [0.1, 0.15) is 48.0 Å². The topological polar surface area (TPSA) is 96.0 Å². The van der Waals surface area contributed by atoms with E-state index >= 15 is 0 Å². The quantitative estimate of drug-likeness (QED) is 0.543. The van der Waals surface area contributed by atoms with Gasteiger partial charge in [-0.15, -0.1) is 11.3 Å². The lowest BCUT2D eigenvalue weighted by atomic mass is 10.2. The summed E-state index contributed by atoms with van der Waals surface area (Å²) in [7, 11) is 0. The Hall–Kier alpha value is -2.21. The average molecular weight is 506 g/mol. The number of pyridine rings is 1. The van der Waals surface area contributed by atoms with Crippen LogP contribution in [0.5, 0.6) is 0 Å². The van der Waals surface area contributed by atoms with Crippen LogP contribution in [0, 0.1) is 0 Å². The maximum absolute atomic E-state index is 13.6. The molecule has 162 valence electrons. The smallest absolute Gasteiger partial charge is 0.349 e. The van der Waals surface area contributed by atoms with Crippen molar-refractivity contribution in [2.75, 3.05) is 11.9 Å². The Kier molecular flexibility index (Phi) is 6.96. The maximum Gasteiger partial charge on any atom is 0.435 e. The lowest BCUT2D eigenvalue weighted by Crippen LogP contribution is -2.33. The monoisotopic (exact) mass is 505 g/mol. The molecule has 1 saturated carbocycles. The molecule has 0 saturated heterocycles. The van der Waals surface area contributed by atoms with Crippen molar-refractivity contribution < 1.29 is 22.8 Å². The van der Waals surface area contributed by atoms with Crippen LogP contribution in [-0.2, 0) is 6.18 Å². The first kappa shape index (κ1) is 22.5. The van der Waals surface area contributed by atoms with Gasteiger partial charge in [0.25, 0.3) is 5.91 Å². The third-order valence-electron chi connectivity index (χ3n) is 4.46. The van der Waals surface area contributed by atoms with Crippen molar-refractivity contribution in [3.05, 3.63) is 27.3 Å². The summed E-state index contributed by atoms with van der Waals surface area (Å²) < 4.78 is 41.1. The predicted octanol–water partition coefficient (Wildman–Crippen LogP) is 4.80. The number of amides is 3. The minimum atomic E-state index is -4.78. The van der Waals surface area contributed by atoms with Crippen LogP contribution >= 0.6 is 27.3 Å². The molecule has 0 aliphatic heterocycles. The SMILES string of the molecule is CCNC(=O)Nc1cc(-c2nc(C(F)(F)F)c(C(=O)NC3CCCC3)s2)c(Br)cn1. The Morgan fingerprint density at radius 2 is 2.00 bits per heavy atom. The summed E-state index contributed by atoms with van der Waals surface area (Å²) in [5.74, 6) is -0.635. The van der Waals surface area contributed by atoms with Gasteiger partial charge in [0.15, 0.2) is 5.69 Å². The number of nitrogens with zero attached hydrogens (tertiary/aromatic N) is 2. The van der Waals surface area contributed by atoms with Crippen LogP contribution in [0.25, 0.3) is 10.6 Å². The fourth-order valence-electron chi connectivity index (χ4n) is 3.09. The largest absolute Gasteiger partial charge is 0.435 e. The van der Waals surface area contributed by atoms with E-state index in [1.165, 1.54) is 12.3 Å². The third kappa shape index (κ3) is 5.28. The van der Waals surface area contributed by atoms with Gasteiger partial charge >= 0.3 is 12.2 Å². The zero-order valence-corrected chi connectivity index (χ0v) is 18.3. The first-order chi connectivity index (χ1) is 14.2. The van der Waals surface area contributed by atoms with E-state index < -0.39 is 28.7 Å². The van der Waals surface area contributed by atoms with E-state index in [4.69, 9.17) is 0 Å². The van der Waals surface area contributed by atoms with Gasteiger partial charge in [0, 0.05) is 28.8 Å². The number of hydrogen-bond donors (Lipinski definition) is 3. The van der Waals surface area contributed by atoms with Gasteiger partial charge in [0.05, 0.1) is 0 Å². The fourth-order valence-corrected chi connectivity index (χ4v) is 4.65. The molecule has 2 aromatic heterocycles. The summed E-state index contributed by atoms with van der Waals surface area (Å²) in [5.41, 5.74) is -0.938. The molecule has 3 rings (SSSR count). The summed E-state index contributed by atoms with van der Waals surface area (Å²) in [4.78, 5) is 31.5. The third-order valence-corrected chi connectivity index (χ3v) is 6.18. The van der Waals surface area contributed by atoms with Gasteiger partial charge < -0.3 is 10.6 Å². The number of hydrogen-bond acceptors (Lipinski definition) is 5. The van der Waals surface area contributed by atoms with Crippen molar-refractivity contribution >= 4 is 45.0 Å². The Morgan fingerprint density at radius 3 is 2.63 bits per heavy atom. The van der Waals surface area contributed by atoms with E-state index in [9.17, 15) is 22.8 Å². The molecule has 0 aromatic carbocycles. The Morgan fingerprint density at radius 1 is 1.30 bits per heavy atom. The van der Waals surface area contributed by atoms with E-state index in [-0.39, 0.29) is 22.4 Å². The van der Waals surface area contributed by atoms with E-state index in [0.29, 0.717) is 22.4 Å². The van der Waals surface area contributed by atoms with Crippen LogP contribution in [0.3, 0.4) is 0 Å². The summed E-state index contributed by atoms with van der Waals surface area (Å²) in [5, 5.41) is 7.70. The number of carbonyl (C=O) groups excluding carboxylic acids is 2. The standard InChI is InChI=1S/C18H19BrF3N5O2S/c1-2-23-17(29)26-12-7-10(11(19)8-24-12)16-27-14(18(20,21)22)13(30-16)15(28)25-9-5-3-4-6-9/h7-9H,2-6H2,1H3,(H,25,28)(H2,23,24,26,29). The molecule has 7 nitrogen and oxygen atoms in total. The number of alkyl halides is 3. The first-order valence-corrected chi connectivity index (χ1v) is 10.9. The van der Waals surface area contributed by atoms with E-state index in [0.717, 1.165) is 25.7 Å². The molecule has 2 heterocycles. The van der Waals surface area contributed by atoms with E-state index in [1.807, 2.05) is 0 Å². The van der Waals surface area contributed by atoms with Gasteiger partial charge in [-0.1, -0.05) is 12.8 Å². The Bertz CT molecular complexity index is 944. The molecule has 3 N–H and O–H groups in total.